The van der Waals surface area contributed by atoms with Gasteiger partial charge < -0.3 is 20.1 Å². The number of nitrogens with zero attached hydrogens (tertiary/aromatic N) is 2. The number of benzene rings is 2. The van der Waals surface area contributed by atoms with E-state index in [1.165, 1.54) is 6.92 Å². The van der Waals surface area contributed by atoms with Gasteiger partial charge in [0.1, 0.15) is 17.2 Å². The standard InChI is InChI=1S/C34H48N2O4.C2H4O2.Co/c1-21(37)40-25-16-23(31(39)27(18-25)34(8,9)10)20-36-29-14-12-11-13-28(29)35-19-22-15-24(32(2,3)4)17-26(30(22)38)33(5,6)7;1-2(3)4;/h15-20,28-29,38-39H,11-14H2,1-10H3;1H3,(H,3,4);/t28-,29-;;/m1../s1. The van der Waals surface area contributed by atoms with Crippen molar-refractivity contribution in [2.24, 2.45) is 9.98 Å². The van der Waals surface area contributed by atoms with Crippen molar-refractivity contribution in [2.45, 2.75) is 130 Å². The fraction of sp³-hybridized carbons (Fsp3) is 0.556. The first-order chi connectivity index (χ1) is 20.1. The predicted octanol–water partition coefficient (Wildman–Crippen LogP) is 7.85. The van der Waals surface area contributed by atoms with Gasteiger partial charge in [0.2, 0.25) is 0 Å². The average molecular weight is 668 g/mol. The van der Waals surface area contributed by atoms with Crippen molar-refractivity contribution in [1.29, 1.82) is 0 Å². The van der Waals surface area contributed by atoms with Crippen molar-refractivity contribution >= 4 is 24.4 Å². The number of carbonyl (C=O) groups is 2. The molecule has 0 heterocycles. The fourth-order valence-electron chi connectivity index (χ4n) is 5.08. The monoisotopic (exact) mass is 667 g/mol. The Bertz CT molecular complexity index is 1390. The van der Waals surface area contributed by atoms with Crippen LogP contribution in [0.5, 0.6) is 17.2 Å². The van der Waals surface area contributed by atoms with Crippen LogP contribution in [0, 0.1) is 0 Å². The van der Waals surface area contributed by atoms with Crippen molar-refractivity contribution in [3.8, 4) is 17.2 Å². The minimum atomic E-state index is -0.833. The number of hydrogen-bond donors (Lipinski definition) is 3. The Morgan fingerprint density at radius 3 is 1.51 bits per heavy atom. The maximum Gasteiger partial charge on any atom is 0.308 e. The number of carboxylic acids is 1. The van der Waals surface area contributed by atoms with Gasteiger partial charge in [-0.3, -0.25) is 19.6 Å². The topological polar surface area (TPSA) is 129 Å². The van der Waals surface area contributed by atoms with Crippen molar-refractivity contribution in [3.05, 3.63) is 52.1 Å². The third kappa shape index (κ3) is 11.9. The van der Waals surface area contributed by atoms with E-state index in [1.54, 1.807) is 18.3 Å². The Morgan fingerprint density at radius 1 is 0.733 bits per heavy atom. The Hall–Kier alpha value is -3.17. The number of esters is 1. The molecule has 1 radical (unpaired) electrons. The maximum atomic E-state index is 11.6. The fourth-order valence-corrected chi connectivity index (χ4v) is 5.08. The van der Waals surface area contributed by atoms with Gasteiger partial charge >= 0.3 is 5.97 Å². The number of aliphatic imine (C=N–C) groups is 2. The number of carboxylic acid groups (broad SMARTS) is 1. The summed E-state index contributed by atoms with van der Waals surface area (Å²) in [6, 6.07) is 7.42. The summed E-state index contributed by atoms with van der Waals surface area (Å²) in [5, 5.41) is 29.7. The third-order valence-electron chi connectivity index (χ3n) is 7.50. The van der Waals surface area contributed by atoms with E-state index in [9.17, 15) is 15.0 Å². The minimum Gasteiger partial charge on any atom is -0.507 e. The van der Waals surface area contributed by atoms with Crippen molar-refractivity contribution in [2.75, 3.05) is 0 Å². The van der Waals surface area contributed by atoms with E-state index >= 15 is 0 Å². The molecule has 0 spiro atoms. The van der Waals surface area contributed by atoms with Gasteiger partial charge in [-0.2, -0.15) is 0 Å². The van der Waals surface area contributed by atoms with Gasteiger partial charge in [-0.15, -0.1) is 0 Å². The summed E-state index contributed by atoms with van der Waals surface area (Å²) < 4.78 is 5.37. The number of rotatable bonds is 5. The molecule has 0 aliphatic heterocycles. The van der Waals surface area contributed by atoms with Crippen LogP contribution in [-0.2, 0) is 42.6 Å². The molecule has 1 aliphatic rings. The number of hydrogen-bond acceptors (Lipinski definition) is 7. The van der Waals surface area contributed by atoms with Crippen LogP contribution in [0.1, 0.15) is 130 Å². The predicted molar refractivity (Wildman–Crippen MR) is 178 cm³/mol. The number of aromatic hydroxyl groups is 2. The normalized spacial score (nSPS) is 17.4. The molecule has 251 valence electrons. The zero-order valence-electron chi connectivity index (χ0n) is 28.7. The van der Waals surface area contributed by atoms with E-state index in [1.807, 2.05) is 33.1 Å². The van der Waals surface area contributed by atoms with E-state index < -0.39 is 11.9 Å². The smallest absolute Gasteiger partial charge is 0.308 e. The minimum absolute atomic E-state index is 0. The number of carbonyl (C=O) groups excluding carboxylic acids is 1. The maximum absolute atomic E-state index is 11.6. The first-order valence-electron chi connectivity index (χ1n) is 15.3. The van der Waals surface area contributed by atoms with Gasteiger partial charge in [0, 0.05) is 65.3 Å². The van der Waals surface area contributed by atoms with E-state index in [2.05, 4.69) is 47.6 Å². The summed E-state index contributed by atoms with van der Waals surface area (Å²) in [6.07, 6.45) is 7.41. The van der Waals surface area contributed by atoms with Crippen LogP contribution in [0.3, 0.4) is 0 Å². The van der Waals surface area contributed by atoms with Gasteiger partial charge in [0.25, 0.3) is 5.97 Å². The molecule has 0 aromatic heterocycles. The summed E-state index contributed by atoms with van der Waals surface area (Å²) in [7, 11) is 0. The van der Waals surface area contributed by atoms with E-state index in [0.29, 0.717) is 16.9 Å². The van der Waals surface area contributed by atoms with Gasteiger partial charge in [0.15, 0.2) is 0 Å². The Labute approximate surface area is 279 Å². The Balaban J connectivity index is 0.00000191. The molecule has 3 N–H and O–H groups in total. The summed E-state index contributed by atoms with van der Waals surface area (Å²) in [5.41, 5.74) is 3.38. The summed E-state index contributed by atoms with van der Waals surface area (Å²) in [4.78, 5) is 30.5. The molecule has 0 bridgehead atoms. The Morgan fingerprint density at radius 2 is 1.13 bits per heavy atom. The molecule has 2 atom stereocenters. The van der Waals surface area contributed by atoms with Crippen LogP contribution in [0.15, 0.2) is 34.3 Å². The molecular formula is C36H52CoN2O6. The van der Waals surface area contributed by atoms with Crippen molar-refractivity contribution < 1.29 is 46.4 Å². The molecule has 1 saturated carbocycles. The summed E-state index contributed by atoms with van der Waals surface area (Å²) in [6.45, 7) is 21.3. The molecule has 2 aromatic rings. The zero-order valence-corrected chi connectivity index (χ0v) is 29.8. The van der Waals surface area contributed by atoms with Gasteiger partial charge in [-0.05, 0) is 52.8 Å². The van der Waals surface area contributed by atoms with E-state index in [0.717, 1.165) is 49.3 Å². The van der Waals surface area contributed by atoms with Gasteiger partial charge in [-0.25, -0.2) is 0 Å². The second-order valence-electron chi connectivity index (χ2n) is 14.7. The first-order valence-corrected chi connectivity index (χ1v) is 15.3. The molecule has 1 aliphatic carbocycles. The number of ether oxygens (including phenoxy) is 1. The summed E-state index contributed by atoms with van der Waals surface area (Å²) in [5.74, 6) is -0.439. The third-order valence-corrected chi connectivity index (χ3v) is 7.50. The molecule has 8 nitrogen and oxygen atoms in total. The number of phenols is 2. The first kappa shape index (κ1) is 39.9. The molecule has 0 amide bonds. The van der Waals surface area contributed by atoms with E-state index in [-0.39, 0.29) is 56.6 Å². The second-order valence-corrected chi connectivity index (χ2v) is 14.7. The number of phenolic OH excluding ortho intramolecular Hbond substituents is 2. The van der Waals surface area contributed by atoms with Gasteiger partial charge in [-0.1, -0.05) is 81.2 Å². The van der Waals surface area contributed by atoms with Crippen LogP contribution < -0.4 is 4.74 Å². The van der Waals surface area contributed by atoms with Crippen LogP contribution in [0.25, 0.3) is 0 Å². The SMILES string of the molecule is CC(=O)O.CC(=O)Oc1cc(C=N[C@@H]2CCCC[C@H]2N=Cc2cc(C(C)(C)C)cc(C(C)(C)C)c2O)c(O)c(C(C)(C)C)c1.[Co]. The van der Waals surface area contributed by atoms with Crippen LogP contribution in [-0.4, -0.2) is 51.8 Å². The van der Waals surface area contributed by atoms with Gasteiger partial charge in [0.05, 0.1) is 12.1 Å². The molecule has 0 saturated heterocycles. The molecule has 2 aromatic carbocycles. The zero-order chi connectivity index (χ0) is 33.6. The molecule has 0 unspecified atom stereocenters. The summed E-state index contributed by atoms with van der Waals surface area (Å²) >= 11 is 0. The average Bonchev–Trinajstić information content (AvgIpc) is 2.86. The van der Waals surface area contributed by atoms with Crippen molar-refractivity contribution in [3.63, 3.8) is 0 Å². The molecule has 1 fully saturated rings. The largest absolute Gasteiger partial charge is 0.507 e. The number of aliphatic carboxylic acids is 1. The van der Waals surface area contributed by atoms with E-state index in [4.69, 9.17) is 24.6 Å². The second kappa shape index (κ2) is 15.9. The molecule has 9 heteroatoms. The Kier molecular flexibility index (Phi) is 14.1. The molecule has 45 heavy (non-hydrogen) atoms. The van der Waals surface area contributed by atoms with Crippen LogP contribution in [0.2, 0.25) is 0 Å². The molecule has 3 rings (SSSR count). The van der Waals surface area contributed by atoms with Crippen molar-refractivity contribution in [1.82, 2.24) is 0 Å². The molecular weight excluding hydrogens is 615 g/mol. The quantitative estimate of drug-likeness (QED) is 0.169. The van der Waals surface area contributed by atoms with Crippen LogP contribution in [0.4, 0.5) is 0 Å². The van der Waals surface area contributed by atoms with Crippen LogP contribution >= 0.6 is 0 Å².